The Kier molecular flexibility index (Phi) is 4.28. The van der Waals surface area contributed by atoms with Gasteiger partial charge in [0.1, 0.15) is 17.1 Å². The summed E-state index contributed by atoms with van der Waals surface area (Å²) < 4.78 is 7.16. The van der Waals surface area contributed by atoms with E-state index in [-0.39, 0.29) is 5.91 Å². The van der Waals surface area contributed by atoms with Crippen molar-refractivity contribution < 1.29 is 9.53 Å². The topological polar surface area (TPSA) is 55.6 Å². The number of imidazole rings is 1. The molecule has 3 aromatic rings. The number of aromatic nitrogens is 2. The molecule has 0 aliphatic carbocycles. The van der Waals surface area contributed by atoms with Gasteiger partial charge in [-0.3, -0.25) is 4.79 Å². The number of aryl methyl sites for hydroxylation is 1. The maximum atomic E-state index is 12.2. The van der Waals surface area contributed by atoms with E-state index in [1.54, 1.807) is 13.3 Å². The molecule has 1 amide bonds. The molecule has 1 N–H and O–H groups in total. The summed E-state index contributed by atoms with van der Waals surface area (Å²) in [6.45, 7) is 2.54. The van der Waals surface area contributed by atoms with Crippen LogP contribution < -0.4 is 10.1 Å². The third-order valence-electron chi connectivity index (χ3n) is 3.72. The molecule has 5 heteroatoms. The first-order chi connectivity index (χ1) is 11.2. The van der Waals surface area contributed by atoms with Gasteiger partial charge in [-0.05, 0) is 42.7 Å². The number of benzene rings is 1. The second-order valence-corrected chi connectivity index (χ2v) is 5.41. The lowest BCUT2D eigenvalue weighted by Gasteiger charge is -2.08. The van der Waals surface area contributed by atoms with Crippen molar-refractivity contribution in [1.82, 2.24) is 14.7 Å². The van der Waals surface area contributed by atoms with Crippen LogP contribution in [0.25, 0.3) is 5.65 Å². The zero-order chi connectivity index (χ0) is 16.2. The van der Waals surface area contributed by atoms with Gasteiger partial charge in [-0.25, -0.2) is 4.98 Å². The van der Waals surface area contributed by atoms with Crippen LogP contribution in [0, 0.1) is 6.92 Å². The molecule has 0 radical (unpaired) electrons. The molecule has 0 bridgehead atoms. The lowest BCUT2D eigenvalue weighted by molar-refractivity contribution is 0.0949. The third-order valence-corrected chi connectivity index (χ3v) is 3.72. The quantitative estimate of drug-likeness (QED) is 0.788. The van der Waals surface area contributed by atoms with Crippen LogP contribution in [0.1, 0.15) is 21.6 Å². The van der Waals surface area contributed by atoms with E-state index >= 15 is 0 Å². The van der Waals surface area contributed by atoms with Crippen LogP contribution in [-0.4, -0.2) is 28.9 Å². The van der Waals surface area contributed by atoms with Gasteiger partial charge in [0.05, 0.1) is 7.11 Å². The number of para-hydroxylation sites is 1. The largest absolute Gasteiger partial charge is 0.496 e. The Morgan fingerprint density at radius 1 is 1.30 bits per heavy atom. The minimum Gasteiger partial charge on any atom is -0.496 e. The number of hydrogen-bond donors (Lipinski definition) is 1. The monoisotopic (exact) mass is 309 g/mol. The van der Waals surface area contributed by atoms with E-state index < -0.39 is 0 Å². The highest BCUT2D eigenvalue weighted by molar-refractivity contribution is 5.92. The summed E-state index contributed by atoms with van der Waals surface area (Å²) in [5, 5.41) is 2.90. The smallest absolute Gasteiger partial charge is 0.271 e. The number of fused-ring (bicyclic) bond motifs is 1. The molecule has 0 atom stereocenters. The van der Waals surface area contributed by atoms with Gasteiger partial charge >= 0.3 is 0 Å². The van der Waals surface area contributed by atoms with Crippen molar-refractivity contribution in [2.75, 3.05) is 13.7 Å². The number of ether oxygens (including phenoxy) is 1. The fourth-order valence-electron chi connectivity index (χ4n) is 2.50. The standard InChI is InChI=1S/C18H19N3O2/c1-13-8-10-21-12-15(20-17(21)11-13)18(22)19-9-7-14-5-3-4-6-16(14)23-2/h3-6,8,10-12H,7,9H2,1-2H3,(H,19,22). The summed E-state index contributed by atoms with van der Waals surface area (Å²) in [6.07, 6.45) is 4.36. The number of carbonyl (C=O) groups excluding carboxylic acids is 1. The molecule has 118 valence electrons. The van der Waals surface area contributed by atoms with E-state index in [0.29, 0.717) is 18.7 Å². The third kappa shape index (κ3) is 3.34. The average molecular weight is 309 g/mol. The van der Waals surface area contributed by atoms with Gasteiger partial charge in [0.2, 0.25) is 0 Å². The number of hydrogen-bond acceptors (Lipinski definition) is 3. The van der Waals surface area contributed by atoms with Crippen LogP contribution in [0.3, 0.4) is 0 Å². The van der Waals surface area contributed by atoms with Gasteiger partial charge in [0, 0.05) is 18.9 Å². The number of amides is 1. The molecule has 0 aliphatic rings. The molecule has 1 aromatic carbocycles. The maximum absolute atomic E-state index is 12.2. The predicted molar refractivity (Wildman–Crippen MR) is 89.0 cm³/mol. The number of rotatable bonds is 5. The molecule has 0 unspecified atom stereocenters. The molecule has 3 rings (SSSR count). The van der Waals surface area contributed by atoms with Crippen molar-refractivity contribution in [3.8, 4) is 5.75 Å². The zero-order valence-corrected chi connectivity index (χ0v) is 13.2. The Morgan fingerprint density at radius 3 is 2.96 bits per heavy atom. The molecule has 0 fully saturated rings. The second-order valence-electron chi connectivity index (χ2n) is 5.41. The lowest BCUT2D eigenvalue weighted by atomic mass is 10.1. The molecule has 0 saturated carbocycles. The molecule has 0 aliphatic heterocycles. The Bertz CT molecular complexity index is 839. The van der Waals surface area contributed by atoms with E-state index in [1.165, 1.54) is 0 Å². The van der Waals surface area contributed by atoms with E-state index in [2.05, 4.69) is 10.3 Å². The maximum Gasteiger partial charge on any atom is 0.271 e. The molecule has 0 spiro atoms. The van der Waals surface area contributed by atoms with Crippen molar-refractivity contribution in [2.45, 2.75) is 13.3 Å². The van der Waals surface area contributed by atoms with Gasteiger partial charge < -0.3 is 14.5 Å². The first-order valence-corrected chi connectivity index (χ1v) is 7.53. The number of nitrogens with one attached hydrogen (secondary N) is 1. The summed E-state index contributed by atoms with van der Waals surface area (Å²) >= 11 is 0. The number of carbonyl (C=O) groups is 1. The summed E-state index contributed by atoms with van der Waals surface area (Å²) in [5.74, 6) is 0.672. The van der Waals surface area contributed by atoms with Gasteiger partial charge in [0.15, 0.2) is 0 Å². The Hall–Kier alpha value is -2.82. The Labute approximate surface area is 134 Å². The molecule has 2 aromatic heterocycles. The first-order valence-electron chi connectivity index (χ1n) is 7.53. The highest BCUT2D eigenvalue weighted by Crippen LogP contribution is 2.17. The fourth-order valence-corrected chi connectivity index (χ4v) is 2.50. The van der Waals surface area contributed by atoms with E-state index in [9.17, 15) is 4.79 Å². The SMILES string of the molecule is COc1ccccc1CCNC(=O)c1cn2ccc(C)cc2n1. The minimum atomic E-state index is -0.166. The predicted octanol–water partition coefficient (Wildman–Crippen LogP) is 2.62. The lowest BCUT2D eigenvalue weighted by Crippen LogP contribution is -2.26. The van der Waals surface area contributed by atoms with Crippen LogP contribution in [0.5, 0.6) is 5.75 Å². The van der Waals surface area contributed by atoms with Crippen LogP contribution in [0.4, 0.5) is 0 Å². The molecular formula is C18H19N3O2. The van der Waals surface area contributed by atoms with E-state index in [1.807, 2.05) is 53.9 Å². The highest BCUT2D eigenvalue weighted by Gasteiger charge is 2.10. The molecule has 23 heavy (non-hydrogen) atoms. The van der Waals surface area contributed by atoms with Crippen LogP contribution in [-0.2, 0) is 6.42 Å². The summed E-state index contributed by atoms with van der Waals surface area (Å²) in [7, 11) is 1.65. The average Bonchev–Trinajstić information content (AvgIpc) is 2.98. The normalized spacial score (nSPS) is 10.7. The van der Waals surface area contributed by atoms with Gasteiger partial charge in [-0.1, -0.05) is 18.2 Å². The van der Waals surface area contributed by atoms with Gasteiger partial charge in [-0.15, -0.1) is 0 Å². The molecule has 2 heterocycles. The Balaban J connectivity index is 1.64. The molecular weight excluding hydrogens is 290 g/mol. The number of pyridine rings is 1. The number of nitrogens with zero attached hydrogens (tertiary/aromatic N) is 2. The van der Waals surface area contributed by atoms with E-state index in [0.717, 1.165) is 22.5 Å². The van der Waals surface area contributed by atoms with Crippen molar-refractivity contribution in [3.05, 3.63) is 65.6 Å². The van der Waals surface area contributed by atoms with E-state index in [4.69, 9.17) is 4.74 Å². The molecule has 5 nitrogen and oxygen atoms in total. The van der Waals surface area contributed by atoms with Gasteiger partial charge in [0.25, 0.3) is 5.91 Å². The van der Waals surface area contributed by atoms with Crippen molar-refractivity contribution in [3.63, 3.8) is 0 Å². The summed E-state index contributed by atoms with van der Waals surface area (Å²) in [4.78, 5) is 16.6. The van der Waals surface area contributed by atoms with Crippen LogP contribution in [0.2, 0.25) is 0 Å². The molecule has 0 saturated heterocycles. The zero-order valence-electron chi connectivity index (χ0n) is 13.2. The summed E-state index contributed by atoms with van der Waals surface area (Å²) in [5.41, 5.74) is 3.39. The first kappa shape index (κ1) is 15.1. The second kappa shape index (κ2) is 6.52. The summed E-state index contributed by atoms with van der Waals surface area (Å²) in [6, 6.07) is 11.7. The van der Waals surface area contributed by atoms with Gasteiger partial charge in [-0.2, -0.15) is 0 Å². The Morgan fingerprint density at radius 2 is 2.13 bits per heavy atom. The van der Waals surface area contributed by atoms with Crippen molar-refractivity contribution in [2.24, 2.45) is 0 Å². The van der Waals surface area contributed by atoms with Crippen LogP contribution in [0.15, 0.2) is 48.8 Å². The minimum absolute atomic E-state index is 0.166. The van der Waals surface area contributed by atoms with Crippen molar-refractivity contribution in [1.29, 1.82) is 0 Å². The van der Waals surface area contributed by atoms with Crippen molar-refractivity contribution >= 4 is 11.6 Å². The fraction of sp³-hybridized carbons (Fsp3) is 0.222. The highest BCUT2D eigenvalue weighted by atomic mass is 16.5. The number of methoxy groups -OCH3 is 1. The van der Waals surface area contributed by atoms with Crippen LogP contribution >= 0.6 is 0 Å².